The molecule has 0 saturated carbocycles. The van der Waals surface area contributed by atoms with E-state index >= 15 is 0 Å². The molecule has 7 heteroatoms. The fourth-order valence-corrected chi connectivity index (χ4v) is 3.50. The standard InChI is InChI=1S/C20H26N2O4S/c1-5-6-7-8-9-27-20-21-15(13-23)12-16(22-20)14-10-17(24-2)19(26-4)18(11-14)25-3/h10-13H,5-9H2,1-4H3. The van der Waals surface area contributed by atoms with Crippen LogP contribution < -0.4 is 14.2 Å². The summed E-state index contributed by atoms with van der Waals surface area (Å²) in [6, 6.07) is 5.29. The molecule has 0 fully saturated rings. The number of unbranched alkanes of at least 4 members (excludes halogenated alkanes) is 3. The molecule has 0 radical (unpaired) electrons. The van der Waals surface area contributed by atoms with Crippen LogP contribution in [0.5, 0.6) is 17.2 Å². The van der Waals surface area contributed by atoms with Crippen molar-refractivity contribution < 1.29 is 19.0 Å². The van der Waals surface area contributed by atoms with Gasteiger partial charge in [-0.25, -0.2) is 9.97 Å². The lowest BCUT2D eigenvalue weighted by Crippen LogP contribution is -1.99. The highest BCUT2D eigenvalue weighted by molar-refractivity contribution is 7.99. The zero-order valence-corrected chi connectivity index (χ0v) is 17.1. The lowest BCUT2D eigenvalue weighted by Gasteiger charge is -2.14. The monoisotopic (exact) mass is 390 g/mol. The zero-order valence-electron chi connectivity index (χ0n) is 16.3. The highest BCUT2D eigenvalue weighted by atomic mass is 32.2. The Morgan fingerprint density at radius 1 is 0.963 bits per heavy atom. The molecule has 0 atom stereocenters. The smallest absolute Gasteiger partial charge is 0.203 e. The van der Waals surface area contributed by atoms with Crippen molar-refractivity contribution in [1.29, 1.82) is 0 Å². The zero-order chi connectivity index (χ0) is 19.6. The fourth-order valence-electron chi connectivity index (χ4n) is 2.64. The largest absolute Gasteiger partial charge is 0.493 e. The molecule has 6 nitrogen and oxygen atoms in total. The molecule has 0 bridgehead atoms. The maximum absolute atomic E-state index is 11.3. The van der Waals surface area contributed by atoms with Crippen molar-refractivity contribution in [3.05, 3.63) is 23.9 Å². The number of thioether (sulfide) groups is 1. The predicted molar refractivity (Wildman–Crippen MR) is 107 cm³/mol. The molecule has 0 unspecified atom stereocenters. The number of carbonyl (C=O) groups is 1. The summed E-state index contributed by atoms with van der Waals surface area (Å²) >= 11 is 1.57. The van der Waals surface area contributed by atoms with Crippen LogP contribution in [0.1, 0.15) is 43.1 Å². The Morgan fingerprint density at radius 2 is 1.67 bits per heavy atom. The van der Waals surface area contributed by atoms with E-state index in [2.05, 4.69) is 16.9 Å². The molecule has 0 aliphatic rings. The number of hydrogen-bond acceptors (Lipinski definition) is 7. The fraction of sp³-hybridized carbons (Fsp3) is 0.450. The molecule has 27 heavy (non-hydrogen) atoms. The number of rotatable bonds is 11. The predicted octanol–water partition coefficient (Wildman–Crippen LogP) is 4.65. The Kier molecular flexibility index (Phi) is 8.39. The number of hydrogen-bond donors (Lipinski definition) is 0. The Labute approximate surface area is 164 Å². The quantitative estimate of drug-likeness (QED) is 0.239. The van der Waals surface area contributed by atoms with E-state index < -0.39 is 0 Å². The number of nitrogens with zero attached hydrogens (tertiary/aromatic N) is 2. The van der Waals surface area contributed by atoms with Crippen molar-refractivity contribution in [3.8, 4) is 28.5 Å². The van der Waals surface area contributed by atoms with Gasteiger partial charge in [0.15, 0.2) is 22.9 Å². The van der Waals surface area contributed by atoms with Crippen molar-refractivity contribution in [2.45, 2.75) is 37.8 Å². The van der Waals surface area contributed by atoms with Gasteiger partial charge in [-0.05, 0) is 24.6 Å². The second-order valence-electron chi connectivity index (χ2n) is 5.90. The molecule has 1 aromatic heterocycles. The molecular weight excluding hydrogens is 364 g/mol. The van der Waals surface area contributed by atoms with E-state index in [0.29, 0.717) is 33.8 Å². The first-order valence-corrected chi connectivity index (χ1v) is 9.92. The minimum absolute atomic E-state index is 0.352. The number of aromatic nitrogens is 2. The van der Waals surface area contributed by atoms with Gasteiger partial charge < -0.3 is 14.2 Å². The molecule has 1 aromatic carbocycles. The van der Waals surface area contributed by atoms with Crippen LogP contribution in [0, 0.1) is 0 Å². The van der Waals surface area contributed by atoms with Gasteiger partial charge in [0.05, 0.1) is 27.0 Å². The molecule has 0 N–H and O–H groups in total. The van der Waals surface area contributed by atoms with Gasteiger partial charge in [0, 0.05) is 11.3 Å². The third kappa shape index (κ3) is 5.60. The molecule has 1 heterocycles. The maximum Gasteiger partial charge on any atom is 0.203 e. The molecule has 2 rings (SSSR count). The van der Waals surface area contributed by atoms with Gasteiger partial charge >= 0.3 is 0 Å². The summed E-state index contributed by atoms with van der Waals surface area (Å²) in [7, 11) is 4.69. The minimum atomic E-state index is 0.352. The molecule has 0 spiro atoms. The van der Waals surface area contributed by atoms with Gasteiger partial charge in [-0.15, -0.1) is 0 Å². The van der Waals surface area contributed by atoms with E-state index in [-0.39, 0.29) is 0 Å². The molecule has 0 aliphatic heterocycles. The second-order valence-corrected chi connectivity index (χ2v) is 6.96. The summed E-state index contributed by atoms with van der Waals surface area (Å²) in [5.74, 6) is 2.51. The number of ether oxygens (including phenoxy) is 3. The third-order valence-electron chi connectivity index (χ3n) is 4.04. The van der Waals surface area contributed by atoms with Crippen LogP contribution in [0.15, 0.2) is 23.4 Å². The Balaban J connectivity index is 2.34. The van der Waals surface area contributed by atoms with Gasteiger partial charge in [-0.3, -0.25) is 4.79 Å². The first kappa shape index (κ1) is 21.0. The number of methoxy groups -OCH3 is 3. The Morgan fingerprint density at radius 3 is 2.22 bits per heavy atom. The lowest BCUT2D eigenvalue weighted by molar-refractivity contribution is 0.111. The summed E-state index contributed by atoms with van der Waals surface area (Å²) in [5.41, 5.74) is 1.76. The normalized spacial score (nSPS) is 10.5. The van der Waals surface area contributed by atoms with Crippen LogP contribution in [0.4, 0.5) is 0 Å². The van der Waals surface area contributed by atoms with Crippen molar-refractivity contribution >= 4 is 18.0 Å². The van der Waals surface area contributed by atoms with Gasteiger partial charge in [0.1, 0.15) is 5.69 Å². The van der Waals surface area contributed by atoms with Crippen molar-refractivity contribution in [2.24, 2.45) is 0 Å². The molecule has 0 amide bonds. The second kappa shape index (κ2) is 10.8. The molecule has 0 saturated heterocycles. The van der Waals surface area contributed by atoms with Crippen LogP contribution >= 0.6 is 11.8 Å². The van der Waals surface area contributed by atoms with Crippen LogP contribution in [0.25, 0.3) is 11.3 Å². The van der Waals surface area contributed by atoms with Gasteiger partial charge in [0.2, 0.25) is 5.75 Å². The number of benzene rings is 1. The Bertz CT molecular complexity index is 743. The lowest BCUT2D eigenvalue weighted by atomic mass is 10.1. The van der Waals surface area contributed by atoms with Crippen LogP contribution in [-0.2, 0) is 0 Å². The van der Waals surface area contributed by atoms with E-state index in [9.17, 15) is 4.79 Å². The maximum atomic E-state index is 11.3. The van der Waals surface area contributed by atoms with Crippen molar-refractivity contribution in [3.63, 3.8) is 0 Å². The van der Waals surface area contributed by atoms with E-state index in [1.54, 1.807) is 39.2 Å². The summed E-state index contributed by atoms with van der Waals surface area (Å²) in [6.45, 7) is 2.19. The third-order valence-corrected chi connectivity index (χ3v) is 4.97. The average Bonchev–Trinajstić information content (AvgIpc) is 2.72. The van der Waals surface area contributed by atoms with Gasteiger partial charge in [-0.1, -0.05) is 37.9 Å². The Hall–Kier alpha value is -2.28. The summed E-state index contributed by atoms with van der Waals surface area (Å²) in [4.78, 5) is 20.3. The first-order chi connectivity index (χ1) is 13.2. The van der Waals surface area contributed by atoms with E-state index in [4.69, 9.17) is 14.2 Å². The highest BCUT2D eigenvalue weighted by Gasteiger charge is 2.16. The highest BCUT2D eigenvalue weighted by Crippen LogP contribution is 2.41. The average molecular weight is 391 g/mol. The van der Waals surface area contributed by atoms with E-state index in [1.165, 1.54) is 19.3 Å². The van der Waals surface area contributed by atoms with Gasteiger partial charge in [-0.2, -0.15) is 0 Å². The van der Waals surface area contributed by atoms with Crippen LogP contribution in [0.3, 0.4) is 0 Å². The molecule has 2 aromatic rings. The molecule has 0 aliphatic carbocycles. The van der Waals surface area contributed by atoms with Gasteiger partial charge in [0.25, 0.3) is 0 Å². The SMILES string of the molecule is CCCCCCSc1nc(C=O)cc(-c2cc(OC)c(OC)c(OC)c2)n1. The first-order valence-electron chi connectivity index (χ1n) is 8.94. The minimum Gasteiger partial charge on any atom is -0.493 e. The van der Waals surface area contributed by atoms with Crippen LogP contribution in [0.2, 0.25) is 0 Å². The summed E-state index contributed by atoms with van der Waals surface area (Å²) in [5, 5.41) is 0.597. The topological polar surface area (TPSA) is 70.5 Å². The van der Waals surface area contributed by atoms with Crippen molar-refractivity contribution in [1.82, 2.24) is 9.97 Å². The number of aldehydes is 1. The summed E-state index contributed by atoms with van der Waals surface area (Å²) < 4.78 is 16.2. The number of carbonyl (C=O) groups excluding carboxylic acids is 1. The summed E-state index contributed by atoms with van der Waals surface area (Å²) in [6.07, 6.45) is 5.47. The molecule has 146 valence electrons. The molecular formula is C20H26N2O4S. The van der Waals surface area contributed by atoms with Crippen LogP contribution in [-0.4, -0.2) is 43.3 Å². The van der Waals surface area contributed by atoms with E-state index in [0.717, 1.165) is 24.0 Å². The van der Waals surface area contributed by atoms with Crippen molar-refractivity contribution in [2.75, 3.05) is 27.1 Å². The van der Waals surface area contributed by atoms with E-state index in [1.807, 2.05) is 12.1 Å².